The molecule has 1 saturated heterocycles. The number of hydrogen-bond donors (Lipinski definition) is 2. The number of carboxylic acid groups (broad SMARTS) is 1. The summed E-state index contributed by atoms with van der Waals surface area (Å²) >= 11 is 0. The van der Waals surface area contributed by atoms with Gasteiger partial charge in [0.1, 0.15) is 5.82 Å². The molecule has 0 bridgehead atoms. The van der Waals surface area contributed by atoms with E-state index < -0.39 is 11.8 Å². The van der Waals surface area contributed by atoms with Crippen LogP contribution >= 0.6 is 0 Å². The molecule has 0 aliphatic carbocycles. The van der Waals surface area contributed by atoms with E-state index in [1.165, 1.54) is 38.1 Å². The van der Waals surface area contributed by atoms with Crippen molar-refractivity contribution < 1.29 is 14.3 Å². The van der Waals surface area contributed by atoms with Crippen LogP contribution in [-0.4, -0.2) is 42.2 Å². The van der Waals surface area contributed by atoms with E-state index >= 15 is 0 Å². The zero-order valence-electron chi connectivity index (χ0n) is 11.7. The lowest BCUT2D eigenvalue weighted by Crippen LogP contribution is -2.28. The van der Waals surface area contributed by atoms with Crippen molar-refractivity contribution in [1.29, 1.82) is 0 Å². The molecule has 1 heterocycles. The van der Waals surface area contributed by atoms with Gasteiger partial charge in [0, 0.05) is 18.8 Å². The van der Waals surface area contributed by atoms with Crippen molar-refractivity contribution in [2.45, 2.75) is 19.8 Å². The molecule has 1 aromatic rings. The number of carboxylic acids is 1. The van der Waals surface area contributed by atoms with Gasteiger partial charge in [-0.05, 0) is 50.0 Å². The highest BCUT2D eigenvalue weighted by Gasteiger charge is 2.15. The molecular formula is C15H21FN2O2. The monoisotopic (exact) mass is 280 g/mol. The molecule has 1 aliphatic heterocycles. The average molecular weight is 280 g/mol. The second-order valence-electron chi connectivity index (χ2n) is 5.49. The normalized spacial score (nSPS) is 17.1. The molecule has 4 nitrogen and oxygen atoms in total. The maximum atomic E-state index is 13.5. The number of nitrogens with one attached hydrogen (secondary N) is 1. The molecule has 20 heavy (non-hydrogen) atoms. The summed E-state index contributed by atoms with van der Waals surface area (Å²) < 4.78 is 13.5. The lowest BCUT2D eigenvalue weighted by atomic mass is 10.1. The fourth-order valence-corrected chi connectivity index (χ4v) is 2.56. The molecule has 1 unspecified atom stereocenters. The van der Waals surface area contributed by atoms with Crippen molar-refractivity contribution in [1.82, 2.24) is 4.90 Å². The minimum atomic E-state index is -1.24. The van der Waals surface area contributed by atoms with Gasteiger partial charge in [-0.2, -0.15) is 0 Å². The summed E-state index contributed by atoms with van der Waals surface area (Å²) in [5, 5.41) is 11.9. The van der Waals surface area contributed by atoms with Crippen molar-refractivity contribution in [3.8, 4) is 0 Å². The highest BCUT2D eigenvalue weighted by Crippen LogP contribution is 2.16. The highest BCUT2D eigenvalue weighted by atomic mass is 19.1. The summed E-state index contributed by atoms with van der Waals surface area (Å²) in [7, 11) is 0. The number of aromatic carboxylic acids is 1. The zero-order valence-corrected chi connectivity index (χ0v) is 11.7. The van der Waals surface area contributed by atoms with Gasteiger partial charge in [-0.15, -0.1) is 0 Å². The summed E-state index contributed by atoms with van der Waals surface area (Å²) in [6.45, 7) is 6.30. The van der Waals surface area contributed by atoms with E-state index in [-0.39, 0.29) is 5.56 Å². The third kappa shape index (κ3) is 3.93. The van der Waals surface area contributed by atoms with Crippen LogP contribution in [0.25, 0.3) is 0 Å². The SMILES string of the molecule is CC(CNc1ccc(C(=O)O)c(F)c1)CN1CCCC1. The van der Waals surface area contributed by atoms with Crippen molar-refractivity contribution in [2.75, 3.05) is 31.5 Å². The van der Waals surface area contributed by atoms with Gasteiger partial charge in [-0.1, -0.05) is 6.92 Å². The first-order valence-electron chi connectivity index (χ1n) is 7.05. The van der Waals surface area contributed by atoms with Crippen molar-refractivity contribution >= 4 is 11.7 Å². The molecule has 5 heteroatoms. The molecule has 2 rings (SSSR count). The Balaban J connectivity index is 1.84. The van der Waals surface area contributed by atoms with E-state index in [0.717, 1.165) is 13.1 Å². The Morgan fingerprint density at radius 1 is 1.45 bits per heavy atom. The standard InChI is InChI=1S/C15H21FN2O2/c1-11(10-18-6-2-3-7-18)9-17-12-4-5-13(15(19)20)14(16)8-12/h4-5,8,11,17H,2-3,6-7,9-10H2,1H3,(H,19,20). The quantitative estimate of drug-likeness (QED) is 0.841. The summed E-state index contributed by atoms with van der Waals surface area (Å²) in [6.07, 6.45) is 2.56. The lowest BCUT2D eigenvalue weighted by molar-refractivity contribution is 0.0692. The van der Waals surface area contributed by atoms with Gasteiger partial charge in [0.05, 0.1) is 5.56 Å². The molecule has 110 valence electrons. The number of rotatable bonds is 6. The highest BCUT2D eigenvalue weighted by molar-refractivity contribution is 5.88. The Bertz CT molecular complexity index is 473. The van der Waals surface area contributed by atoms with E-state index in [1.807, 2.05) is 0 Å². The van der Waals surface area contributed by atoms with E-state index in [1.54, 1.807) is 6.07 Å². The molecular weight excluding hydrogens is 259 g/mol. The van der Waals surface area contributed by atoms with Crippen LogP contribution in [0.4, 0.5) is 10.1 Å². The molecule has 1 aromatic carbocycles. The summed E-state index contributed by atoms with van der Waals surface area (Å²) in [5.41, 5.74) is 0.335. The molecule has 0 aromatic heterocycles. The first-order chi connectivity index (χ1) is 9.56. The second-order valence-corrected chi connectivity index (χ2v) is 5.49. The van der Waals surface area contributed by atoms with Crippen LogP contribution in [0.5, 0.6) is 0 Å². The third-order valence-electron chi connectivity index (χ3n) is 3.62. The third-order valence-corrected chi connectivity index (χ3v) is 3.62. The van der Waals surface area contributed by atoms with E-state index in [4.69, 9.17) is 5.11 Å². The topological polar surface area (TPSA) is 52.6 Å². The molecule has 0 saturated carbocycles. The number of nitrogens with zero attached hydrogens (tertiary/aromatic N) is 1. The van der Waals surface area contributed by atoms with Gasteiger partial charge >= 0.3 is 5.97 Å². The molecule has 1 aliphatic rings. The Morgan fingerprint density at radius 3 is 2.75 bits per heavy atom. The van der Waals surface area contributed by atoms with Crippen LogP contribution in [0, 0.1) is 11.7 Å². The molecule has 0 radical (unpaired) electrons. The Kier molecular flexibility index (Phi) is 4.95. The fraction of sp³-hybridized carbons (Fsp3) is 0.533. The van der Waals surface area contributed by atoms with Crippen LogP contribution in [0.1, 0.15) is 30.1 Å². The molecule has 0 amide bonds. The molecule has 1 atom stereocenters. The summed E-state index contributed by atoms with van der Waals surface area (Å²) in [5.74, 6) is -1.47. The first kappa shape index (κ1) is 14.8. The first-order valence-corrected chi connectivity index (χ1v) is 7.05. The summed E-state index contributed by atoms with van der Waals surface area (Å²) in [6, 6.07) is 4.15. The maximum absolute atomic E-state index is 13.5. The number of carbonyl (C=O) groups is 1. The molecule has 1 fully saturated rings. The van der Waals surface area contributed by atoms with E-state index in [2.05, 4.69) is 17.1 Å². The van der Waals surface area contributed by atoms with Crippen LogP contribution in [0.15, 0.2) is 18.2 Å². The van der Waals surface area contributed by atoms with Crippen molar-refractivity contribution in [2.24, 2.45) is 5.92 Å². The Hall–Kier alpha value is -1.62. The zero-order chi connectivity index (χ0) is 14.5. The number of hydrogen-bond acceptors (Lipinski definition) is 3. The smallest absolute Gasteiger partial charge is 0.338 e. The molecule has 0 spiro atoms. The van der Waals surface area contributed by atoms with Crippen LogP contribution in [0.2, 0.25) is 0 Å². The minimum absolute atomic E-state index is 0.291. The van der Waals surface area contributed by atoms with Gasteiger partial charge in [0.2, 0.25) is 0 Å². The van der Waals surface area contributed by atoms with Crippen LogP contribution in [0.3, 0.4) is 0 Å². The largest absolute Gasteiger partial charge is 0.478 e. The second kappa shape index (κ2) is 6.70. The number of benzene rings is 1. The minimum Gasteiger partial charge on any atom is -0.478 e. The van der Waals surface area contributed by atoms with Gasteiger partial charge in [0.25, 0.3) is 0 Å². The van der Waals surface area contributed by atoms with Gasteiger partial charge in [-0.25, -0.2) is 9.18 Å². The summed E-state index contributed by atoms with van der Waals surface area (Å²) in [4.78, 5) is 13.2. The Labute approximate surface area is 118 Å². The molecule has 2 N–H and O–H groups in total. The van der Waals surface area contributed by atoms with Crippen molar-refractivity contribution in [3.05, 3.63) is 29.6 Å². The number of halogens is 1. The van der Waals surface area contributed by atoms with Crippen molar-refractivity contribution in [3.63, 3.8) is 0 Å². The van der Waals surface area contributed by atoms with Crippen LogP contribution in [-0.2, 0) is 0 Å². The fourth-order valence-electron chi connectivity index (χ4n) is 2.56. The predicted octanol–water partition coefficient (Wildman–Crippen LogP) is 2.67. The van der Waals surface area contributed by atoms with E-state index in [0.29, 0.717) is 11.6 Å². The van der Waals surface area contributed by atoms with Crippen LogP contribution < -0.4 is 5.32 Å². The Morgan fingerprint density at radius 2 is 2.15 bits per heavy atom. The van der Waals surface area contributed by atoms with Gasteiger partial charge in [-0.3, -0.25) is 0 Å². The van der Waals surface area contributed by atoms with Gasteiger partial charge < -0.3 is 15.3 Å². The maximum Gasteiger partial charge on any atom is 0.338 e. The lowest BCUT2D eigenvalue weighted by Gasteiger charge is -2.21. The average Bonchev–Trinajstić information content (AvgIpc) is 2.89. The number of likely N-dealkylation sites (tertiary alicyclic amines) is 1. The number of anilines is 1. The predicted molar refractivity (Wildman–Crippen MR) is 76.7 cm³/mol. The van der Waals surface area contributed by atoms with E-state index in [9.17, 15) is 9.18 Å². The van der Waals surface area contributed by atoms with Gasteiger partial charge in [0.15, 0.2) is 0 Å².